The van der Waals surface area contributed by atoms with Crippen LogP contribution < -0.4 is 5.32 Å². The van der Waals surface area contributed by atoms with Crippen LogP contribution >= 0.6 is 0 Å². The van der Waals surface area contributed by atoms with E-state index in [0.717, 1.165) is 12.8 Å². The zero-order valence-electron chi connectivity index (χ0n) is 7.04. The Balaban J connectivity index is 2.51. The molecule has 68 valence electrons. The summed E-state index contributed by atoms with van der Waals surface area (Å²) in [6.45, 7) is 1.62. The molecule has 12 heavy (non-hydrogen) atoms. The van der Waals surface area contributed by atoms with Gasteiger partial charge < -0.3 is 10.4 Å². The maximum Gasteiger partial charge on any atom is 0.308 e. The molecule has 2 atom stereocenters. The highest BCUT2D eigenvalue weighted by Gasteiger charge is 2.27. The third-order valence-corrected chi connectivity index (χ3v) is 2.26. The summed E-state index contributed by atoms with van der Waals surface area (Å²) in [4.78, 5) is 21.5. The number of nitrogens with one attached hydrogen (secondary N) is 1. The number of carboxylic acids is 1. The van der Waals surface area contributed by atoms with E-state index in [0.29, 0.717) is 6.42 Å². The van der Waals surface area contributed by atoms with E-state index in [9.17, 15) is 9.59 Å². The van der Waals surface area contributed by atoms with Crippen LogP contribution in [0.3, 0.4) is 0 Å². The molecular formula is C8H13NO3. The Bertz CT molecular complexity index is 200. The number of carboxylic acid groups (broad SMARTS) is 1. The predicted octanol–water partition coefficient (Wildman–Crippen LogP) is 0.376. The number of hydrogen-bond donors (Lipinski definition) is 2. The second-order valence-electron chi connectivity index (χ2n) is 3.19. The molecule has 0 saturated carbocycles. The van der Waals surface area contributed by atoms with Crippen molar-refractivity contribution < 1.29 is 14.7 Å². The molecule has 1 saturated heterocycles. The van der Waals surface area contributed by atoms with Crippen molar-refractivity contribution >= 4 is 11.9 Å². The van der Waals surface area contributed by atoms with E-state index in [1.165, 1.54) is 0 Å². The molecule has 0 aromatic heterocycles. The van der Waals surface area contributed by atoms with Crippen LogP contribution in [0.1, 0.15) is 26.2 Å². The number of carbonyl (C=O) groups is 2. The van der Waals surface area contributed by atoms with Gasteiger partial charge in [0.05, 0.1) is 5.92 Å². The molecule has 1 amide bonds. The summed E-state index contributed by atoms with van der Waals surface area (Å²) in [6.07, 6.45) is 2.11. The van der Waals surface area contributed by atoms with Crippen molar-refractivity contribution in [3.8, 4) is 0 Å². The Morgan fingerprint density at radius 3 is 2.92 bits per heavy atom. The van der Waals surface area contributed by atoms with Crippen LogP contribution in [0.5, 0.6) is 0 Å². The van der Waals surface area contributed by atoms with Gasteiger partial charge in [0.2, 0.25) is 5.91 Å². The highest BCUT2D eigenvalue weighted by atomic mass is 16.4. The van der Waals surface area contributed by atoms with Crippen molar-refractivity contribution in [2.75, 3.05) is 0 Å². The second kappa shape index (κ2) is 3.56. The normalized spacial score (nSPS) is 26.1. The summed E-state index contributed by atoms with van der Waals surface area (Å²) in [7, 11) is 0. The number of carbonyl (C=O) groups excluding carboxylic acids is 1. The van der Waals surface area contributed by atoms with Gasteiger partial charge in [-0.3, -0.25) is 9.59 Å². The van der Waals surface area contributed by atoms with Crippen LogP contribution in [0, 0.1) is 5.92 Å². The predicted molar refractivity (Wildman–Crippen MR) is 42.6 cm³/mol. The van der Waals surface area contributed by atoms with E-state index >= 15 is 0 Å². The maximum absolute atomic E-state index is 10.9. The minimum absolute atomic E-state index is 0.0284. The molecule has 2 unspecified atom stereocenters. The fourth-order valence-electron chi connectivity index (χ4n) is 1.38. The highest BCUT2D eigenvalue weighted by molar-refractivity contribution is 5.78. The lowest BCUT2D eigenvalue weighted by molar-refractivity contribution is -0.142. The number of rotatable bonds is 2. The fraction of sp³-hybridized carbons (Fsp3) is 0.750. The molecule has 1 fully saturated rings. The topological polar surface area (TPSA) is 66.4 Å². The Hall–Kier alpha value is -1.06. The zero-order chi connectivity index (χ0) is 9.14. The van der Waals surface area contributed by atoms with Crippen LogP contribution in [-0.4, -0.2) is 23.0 Å². The van der Waals surface area contributed by atoms with E-state index < -0.39 is 11.9 Å². The molecule has 0 spiro atoms. The van der Waals surface area contributed by atoms with E-state index in [1.807, 2.05) is 0 Å². The molecule has 1 heterocycles. The van der Waals surface area contributed by atoms with E-state index in [4.69, 9.17) is 5.11 Å². The van der Waals surface area contributed by atoms with Gasteiger partial charge in [-0.2, -0.15) is 0 Å². The molecule has 4 heteroatoms. The number of piperidine rings is 1. The van der Waals surface area contributed by atoms with E-state index in [-0.39, 0.29) is 11.9 Å². The summed E-state index contributed by atoms with van der Waals surface area (Å²) in [5.41, 5.74) is 0. The molecule has 0 aromatic rings. The third kappa shape index (κ3) is 1.96. The van der Waals surface area contributed by atoms with Crippen LogP contribution in [0.15, 0.2) is 0 Å². The van der Waals surface area contributed by atoms with Crippen LogP contribution in [-0.2, 0) is 9.59 Å². The van der Waals surface area contributed by atoms with Gasteiger partial charge >= 0.3 is 5.97 Å². The van der Waals surface area contributed by atoms with E-state index in [2.05, 4.69) is 5.32 Å². The van der Waals surface area contributed by atoms with Gasteiger partial charge in [0, 0.05) is 12.5 Å². The van der Waals surface area contributed by atoms with Crippen molar-refractivity contribution in [1.82, 2.24) is 5.32 Å². The van der Waals surface area contributed by atoms with Crippen molar-refractivity contribution in [3.05, 3.63) is 0 Å². The Kier molecular flexibility index (Phi) is 2.68. The van der Waals surface area contributed by atoms with Crippen LogP contribution in [0.4, 0.5) is 0 Å². The van der Waals surface area contributed by atoms with Gasteiger partial charge in [-0.1, -0.05) is 0 Å². The third-order valence-electron chi connectivity index (χ3n) is 2.26. The molecule has 1 rings (SSSR count). The molecule has 2 N–H and O–H groups in total. The summed E-state index contributed by atoms with van der Waals surface area (Å²) >= 11 is 0. The van der Waals surface area contributed by atoms with Gasteiger partial charge in [-0.15, -0.1) is 0 Å². The molecule has 1 aliphatic rings. The smallest absolute Gasteiger partial charge is 0.308 e. The van der Waals surface area contributed by atoms with Crippen molar-refractivity contribution in [2.45, 2.75) is 32.2 Å². The first-order valence-electron chi connectivity index (χ1n) is 4.13. The Labute approximate surface area is 71.0 Å². The molecule has 4 nitrogen and oxygen atoms in total. The standard InChI is InChI=1S/C8H13NO3/c1-5(8(11)12)6-3-2-4-7(10)9-6/h5-6H,2-4H2,1H3,(H,9,10)(H,11,12). The first-order chi connectivity index (χ1) is 5.61. The van der Waals surface area contributed by atoms with E-state index in [1.54, 1.807) is 6.92 Å². The fourth-order valence-corrected chi connectivity index (χ4v) is 1.38. The molecule has 0 aromatic carbocycles. The maximum atomic E-state index is 10.9. The minimum Gasteiger partial charge on any atom is -0.481 e. The van der Waals surface area contributed by atoms with Crippen LogP contribution in [0.2, 0.25) is 0 Å². The lowest BCUT2D eigenvalue weighted by atomic mass is 9.93. The second-order valence-corrected chi connectivity index (χ2v) is 3.19. The van der Waals surface area contributed by atoms with Crippen LogP contribution in [0.25, 0.3) is 0 Å². The number of hydrogen-bond acceptors (Lipinski definition) is 2. The lowest BCUT2D eigenvalue weighted by Crippen LogP contribution is -2.45. The largest absolute Gasteiger partial charge is 0.481 e. The molecule has 1 aliphatic heterocycles. The lowest BCUT2D eigenvalue weighted by Gasteiger charge is -2.26. The first kappa shape index (κ1) is 9.03. The number of aliphatic carboxylic acids is 1. The van der Waals surface area contributed by atoms with Crippen molar-refractivity contribution in [3.63, 3.8) is 0 Å². The first-order valence-corrected chi connectivity index (χ1v) is 4.13. The van der Waals surface area contributed by atoms with Gasteiger partial charge in [0.1, 0.15) is 0 Å². The number of amides is 1. The SMILES string of the molecule is CC(C(=O)O)C1CCCC(=O)N1. The van der Waals surface area contributed by atoms with Crippen molar-refractivity contribution in [1.29, 1.82) is 0 Å². The van der Waals surface area contributed by atoms with Gasteiger partial charge in [-0.05, 0) is 19.8 Å². The molecular weight excluding hydrogens is 158 g/mol. The highest BCUT2D eigenvalue weighted by Crippen LogP contribution is 2.15. The monoisotopic (exact) mass is 171 g/mol. The Morgan fingerprint density at radius 1 is 1.75 bits per heavy atom. The Morgan fingerprint density at radius 2 is 2.42 bits per heavy atom. The van der Waals surface area contributed by atoms with Gasteiger partial charge in [0.25, 0.3) is 0 Å². The average Bonchev–Trinajstić information content (AvgIpc) is 2.03. The van der Waals surface area contributed by atoms with Gasteiger partial charge in [0.15, 0.2) is 0 Å². The van der Waals surface area contributed by atoms with Gasteiger partial charge in [-0.25, -0.2) is 0 Å². The molecule has 0 aliphatic carbocycles. The van der Waals surface area contributed by atoms with Crippen molar-refractivity contribution in [2.24, 2.45) is 5.92 Å². The summed E-state index contributed by atoms with van der Waals surface area (Å²) in [6, 6.07) is -0.177. The summed E-state index contributed by atoms with van der Waals surface area (Å²) in [5.74, 6) is -1.35. The average molecular weight is 171 g/mol. The zero-order valence-corrected chi connectivity index (χ0v) is 7.04. The molecule has 0 bridgehead atoms. The molecule has 0 radical (unpaired) electrons. The summed E-state index contributed by atoms with van der Waals surface area (Å²) < 4.78 is 0. The quantitative estimate of drug-likeness (QED) is 0.631. The minimum atomic E-state index is -0.845. The summed E-state index contributed by atoms with van der Waals surface area (Å²) in [5, 5.41) is 11.3.